The molecule has 0 bridgehead atoms. The molecule has 0 aliphatic rings. The van der Waals surface area contributed by atoms with Crippen LogP contribution in [0.15, 0.2) is 72.8 Å². The van der Waals surface area contributed by atoms with E-state index in [0.717, 1.165) is 5.75 Å². The van der Waals surface area contributed by atoms with Gasteiger partial charge in [0.25, 0.3) is 11.8 Å². The van der Waals surface area contributed by atoms with E-state index in [-0.39, 0.29) is 11.8 Å². The Morgan fingerprint density at radius 1 is 0.759 bits per heavy atom. The summed E-state index contributed by atoms with van der Waals surface area (Å²) >= 11 is 0. The molecule has 0 aliphatic carbocycles. The van der Waals surface area contributed by atoms with Crippen molar-refractivity contribution >= 4 is 23.2 Å². The Labute approximate surface area is 169 Å². The maximum atomic E-state index is 12.4. The quantitative estimate of drug-likeness (QED) is 0.618. The molecular weight excluding hydrogens is 368 g/mol. The highest BCUT2D eigenvalue weighted by Crippen LogP contribution is 2.19. The minimum absolute atomic E-state index is 0.256. The molecule has 0 atom stereocenters. The SMILES string of the molecule is CCOc1ccc(NC(=O)c2ccc(C(=O)Nc3cccc(OC)c3)cc2)cc1. The normalized spacial score (nSPS) is 10.1. The van der Waals surface area contributed by atoms with Crippen molar-refractivity contribution in [1.82, 2.24) is 0 Å². The van der Waals surface area contributed by atoms with E-state index in [1.165, 1.54) is 0 Å². The van der Waals surface area contributed by atoms with Gasteiger partial charge in [-0.15, -0.1) is 0 Å². The first-order chi connectivity index (χ1) is 14.1. The van der Waals surface area contributed by atoms with Crippen LogP contribution in [0.5, 0.6) is 11.5 Å². The summed E-state index contributed by atoms with van der Waals surface area (Å²) in [6, 6.07) is 20.7. The Morgan fingerprint density at radius 3 is 1.90 bits per heavy atom. The van der Waals surface area contributed by atoms with Crippen molar-refractivity contribution in [1.29, 1.82) is 0 Å². The van der Waals surface area contributed by atoms with Gasteiger partial charge in [-0.1, -0.05) is 6.07 Å². The van der Waals surface area contributed by atoms with Crippen molar-refractivity contribution in [3.63, 3.8) is 0 Å². The minimum Gasteiger partial charge on any atom is -0.497 e. The molecule has 2 N–H and O–H groups in total. The predicted molar refractivity (Wildman–Crippen MR) is 113 cm³/mol. The second-order valence-corrected chi connectivity index (χ2v) is 6.17. The van der Waals surface area contributed by atoms with Crippen LogP contribution in [0.3, 0.4) is 0 Å². The molecular formula is C23H22N2O4. The number of rotatable bonds is 7. The van der Waals surface area contributed by atoms with E-state index >= 15 is 0 Å². The van der Waals surface area contributed by atoms with Crippen molar-refractivity contribution in [3.8, 4) is 11.5 Å². The Morgan fingerprint density at radius 2 is 1.34 bits per heavy atom. The van der Waals surface area contributed by atoms with Crippen LogP contribution in [0.1, 0.15) is 27.6 Å². The van der Waals surface area contributed by atoms with Gasteiger partial charge in [0.1, 0.15) is 11.5 Å². The zero-order valence-electron chi connectivity index (χ0n) is 16.3. The molecule has 0 spiro atoms. The smallest absolute Gasteiger partial charge is 0.255 e. The Hall–Kier alpha value is -3.80. The predicted octanol–water partition coefficient (Wildman–Crippen LogP) is 4.60. The van der Waals surface area contributed by atoms with E-state index in [2.05, 4.69) is 10.6 Å². The molecule has 6 heteroatoms. The third kappa shape index (κ3) is 5.35. The topological polar surface area (TPSA) is 76.7 Å². The Bertz CT molecular complexity index is 983. The molecule has 0 fully saturated rings. The number of ether oxygens (including phenoxy) is 2. The Balaban J connectivity index is 1.62. The second kappa shape index (κ2) is 9.41. The fourth-order valence-electron chi connectivity index (χ4n) is 2.68. The molecule has 0 aliphatic heterocycles. The van der Waals surface area contributed by atoms with Gasteiger partial charge in [-0.2, -0.15) is 0 Å². The van der Waals surface area contributed by atoms with E-state index in [4.69, 9.17) is 9.47 Å². The molecule has 3 rings (SSSR count). The molecule has 3 aromatic rings. The van der Waals surface area contributed by atoms with Gasteiger partial charge in [0.15, 0.2) is 0 Å². The number of nitrogens with one attached hydrogen (secondary N) is 2. The number of methoxy groups -OCH3 is 1. The van der Waals surface area contributed by atoms with Crippen LogP contribution >= 0.6 is 0 Å². The maximum absolute atomic E-state index is 12.4. The van der Waals surface area contributed by atoms with E-state index in [1.807, 2.05) is 6.92 Å². The lowest BCUT2D eigenvalue weighted by Crippen LogP contribution is -2.14. The first-order valence-electron chi connectivity index (χ1n) is 9.18. The summed E-state index contributed by atoms with van der Waals surface area (Å²) in [6.07, 6.45) is 0. The number of hydrogen-bond donors (Lipinski definition) is 2. The van der Waals surface area contributed by atoms with E-state index < -0.39 is 0 Å². The average Bonchev–Trinajstić information content (AvgIpc) is 2.75. The van der Waals surface area contributed by atoms with Gasteiger partial charge >= 0.3 is 0 Å². The number of carbonyl (C=O) groups is 2. The molecule has 0 aromatic heterocycles. The molecule has 0 radical (unpaired) electrons. The van der Waals surface area contributed by atoms with Gasteiger partial charge in [0, 0.05) is 28.6 Å². The van der Waals surface area contributed by atoms with Crippen LogP contribution < -0.4 is 20.1 Å². The van der Waals surface area contributed by atoms with Crippen LogP contribution in [0.4, 0.5) is 11.4 Å². The van der Waals surface area contributed by atoms with Gasteiger partial charge in [-0.05, 0) is 67.6 Å². The van der Waals surface area contributed by atoms with Crippen LogP contribution in [0.2, 0.25) is 0 Å². The van der Waals surface area contributed by atoms with Crippen molar-refractivity contribution in [2.75, 3.05) is 24.4 Å². The average molecular weight is 390 g/mol. The van der Waals surface area contributed by atoms with Crippen LogP contribution in [0.25, 0.3) is 0 Å². The van der Waals surface area contributed by atoms with Crippen molar-refractivity contribution < 1.29 is 19.1 Å². The van der Waals surface area contributed by atoms with Gasteiger partial charge < -0.3 is 20.1 Å². The van der Waals surface area contributed by atoms with Crippen LogP contribution in [-0.4, -0.2) is 25.5 Å². The number of anilines is 2. The number of amides is 2. The number of benzene rings is 3. The van der Waals surface area contributed by atoms with Gasteiger partial charge in [-0.3, -0.25) is 9.59 Å². The second-order valence-electron chi connectivity index (χ2n) is 6.17. The van der Waals surface area contributed by atoms with Gasteiger partial charge in [0.05, 0.1) is 13.7 Å². The van der Waals surface area contributed by atoms with Crippen LogP contribution in [-0.2, 0) is 0 Å². The lowest BCUT2D eigenvalue weighted by atomic mass is 10.1. The lowest BCUT2D eigenvalue weighted by Gasteiger charge is -2.09. The molecule has 3 aromatic carbocycles. The summed E-state index contributed by atoms with van der Waals surface area (Å²) in [5.74, 6) is 0.881. The minimum atomic E-state index is -0.267. The summed E-state index contributed by atoms with van der Waals surface area (Å²) < 4.78 is 10.5. The molecule has 0 unspecified atom stereocenters. The monoisotopic (exact) mass is 390 g/mol. The number of hydrogen-bond acceptors (Lipinski definition) is 4. The van der Waals surface area contributed by atoms with Gasteiger partial charge in [-0.25, -0.2) is 0 Å². The summed E-state index contributed by atoms with van der Waals surface area (Å²) in [4.78, 5) is 24.8. The van der Waals surface area contributed by atoms with Crippen molar-refractivity contribution in [3.05, 3.63) is 83.9 Å². The molecule has 0 saturated carbocycles. The Kier molecular flexibility index (Phi) is 6.47. The zero-order valence-corrected chi connectivity index (χ0v) is 16.3. The van der Waals surface area contributed by atoms with Gasteiger partial charge in [0.2, 0.25) is 0 Å². The highest BCUT2D eigenvalue weighted by atomic mass is 16.5. The van der Waals surface area contributed by atoms with Crippen molar-refractivity contribution in [2.24, 2.45) is 0 Å². The highest BCUT2D eigenvalue weighted by Gasteiger charge is 2.10. The summed E-state index contributed by atoms with van der Waals surface area (Å²) in [5, 5.41) is 5.63. The van der Waals surface area contributed by atoms with E-state index in [9.17, 15) is 9.59 Å². The molecule has 6 nitrogen and oxygen atoms in total. The number of carbonyl (C=O) groups excluding carboxylic acids is 2. The molecule has 2 amide bonds. The third-order valence-corrected chi connectivity index (χ3v) is 4.16. The fourth-order valence-corrected chi connectivity index (χ4v) is 2.68. The lowest BCUT2D eigenvalue weighted by molar-refractivity contribution is 0.101. The summed E-state index contributed by atoms with van der Waals surface area (Å²) in [6.45, 7) is 2.50. The summed E-state index contributed by atoms with van der Waals surface area (Å²) in [5.41, 5.74) is 2.20. The zero-order chi connectivity index (χ0) is 20.6. The fraction of sp³-hybridized carbons (Fsp3) is 0.130. The maximum Gasteiger partial charge on any atom is 0.255 e. The molecule has 0 heterocycles. The summed E-state index contributed by atoms with van der Waals surface area (Å²) in [7, 11) is 1.57. The molecule has 29 heavy (non-hydrogen) atoms. The molecule has 148 valence electrons. The van der Waals surface area contributed by atoms with Crippen LogP contribution in [0, 0.1) is 0 Å². The first-order valence-corrected chi connectivity index (χ1v) is 9.18. The first kappa shape index (κ1) is 19.9. The molecule has 0 saturated heterocycles. The van der Waals surface area contributed by atoms with E-state index in [0.29, 0.717) is 34.9 Å². The van der Waals surface area contributed by atoms with Crippen molar-refractivity contribution in [2.45, 2.75) is 6.92 Å². The third-order valence-electron chi connectivity index (χ3n) is 4.16. The highest BCUT2D eigenvalue weighted by molar-refractivity contribution is 6.07. The standard InChI is InChI=1S/C23H22N2O4/c1-3-29-20-13-11-18(12-14-20)24-22(26)16-7-9-17(10-8-16)23(27)25-19-5-4-6-21(15-19)28-2/h4-15H,3H2,1-2H3,(H,24,26)(H,25,27). The van der Waals surface area contributed by atoms with E-state index in [1.54, 1.807) is 79.9 Å². The largest absolute Gasteiger partial charge is 0.497 e.